The summed E-state index contributed by atoms with van der Waals surface area (Å²) in [6.45, 7) is 0.641. The Hall–Kier alpha value is -1.54. The van der Waals surface area contributed by atoms with Crippen molar-refractivity contribution >= 4 is 22.4 Å². The summed E-state index contributed by atoms with van der Waals surface area (Å²) in [4.78, 5) is 3.44. The smallest absolute Gasteiger partial charge is 0.244 e. The molecule has 1 aromatic heterocycles. The van der Waals surface area contributed by atoms with Crippen LogP contribution in [0.25, 0.3) is 0 Å². The molecule has 0 radical (unpaired) electrons. The van der Waals surface area contributed by atoms with Crippen LogP contribution in [-0.4, -0.2) is 37.3 Å². The number of halogens is 2. The highest BCUT2D eigenvalue weighted by Crippen LogP contribution is 2.16. The van der Waals surface area contributed by atoms with Crippen LogP contribution in [0.1, 0.15) is 5.56 Å². The highest BCUT2D eigenvalue weighted by Gasteiger charge is 2.24. The number of sulfonamides is 1. The van der Waals surface area contributed by atoms with E-state index in [4.69, 9.17) is 5.73 Å². The minimum atomic E-state index is -3.81. The molecule has 0 bridgehead atoms. The molecule has 0 saturated heterocycles. The van der Waals surface area contributed by atoms with Crippen molar-refractivity contribution in [1.82, 2.24) is 9.29 Å². The van der Waals surface area contributed by atoms with E-state index in [2.05, 4.69) is 4.98 Å². The average Bonchev–Trinajstić information content (AvgIpc) is 2.52. The van der Waals surface area contributed by atoms with Crippen LogP contribution in [0.5, 0.6) is 0 Å². The SMILES string of the molecule is Cl.NCCN(CCc1ccccc1)S(=O)(=O)c1cncc(F)c1. The minimum absolute atomic E-state index is 0. The van der Waals surface area contributed by atoms with Gasteiger partial charge in [0, 0.05) is 25.8 Å². The topological polar surface area (TPSA) is 76.3 Å². The molecule has 2 N–H and O–H groups in total. The van der Waals surface area contributed by atoms with Gasteiger partial charge in [0.15, 0.2) is 0 Å². The normalized spacial score (nSPS) is 11.3. The molecule has 0 spiro atoms. The number of rotatable bonds is 7. The number of hydrogen-bond donors (Lipinski definition) is 1. The van der Waals surface area contributed by atoms with Crippen molar-refractivity contribution < 1.29 is 12.8 Å². The molecule has 0 atom stereocenters. The molecule has 126 valence electrons. The van der Waals surface area contributed by atoms with Crippen LogP contribution in [0.2, 0.25) is 0 Å². The molecule has 0 saturated carbocycles. The fraction of sp³-hybridized carbons (Fsp3) is 0.267. The predicted molar refractivity (Wildman–Crippen MR) is 89.4 cm³/mol. The predicted octanol–water partition coefficient (Wildman–Crippen LogP) is 1.83. The van der Waals surface area contributed by atoms with Crippen molar-refractivity contribution in [3.63, 3.8) is 0 Å². The van der Waals surface area contributed by atoms with E-state index in [9.17, 15) is 12.8 Å². The summed E-state index contributed by atoms with van der Waals surface area (Å²) < 4.78 is 39.6. The van der Waals surface area contributed by atoms with Gasteiger partial charge in [0.05, 0.1) is 6.20 Å². The monoisotopic (exact) mass is 359 g/mol. The first-order valence-corrected chi connectivity index (χ1v) is 8.33. The van der Waals surface area contributed by atoms with E-state index in [1.54, 1.807) is 0 Å². The largest absolute Gasteiger partial charge is 0.329 e. The van der Waals surface area contributed by atoms with Crippen LogP contribution in [0.15, 0.2) is 53.7 Å². The second-order valence-corrected chi connectivity index (χ2v) is 6.71. The lowest BCUT2D eigenvalue weighted by Crippen LogP contribution is -2.37. The van der Waals surface area contributed by atoms with Gasteiger partial charge in [0.25, 0.3) is 0 Å². The van der Waals surface area contributed by atoms with Crippen molar-refractivity contribution in [2.24, 2.45) is 5.73 Å². The third-order valence-electron chi connectivity index (χ3n) is 3.19. The van der Waals surface area contributed by atoms with E-state index < -0.39 is 15.8 Å². The van der Waals surface area contributed by atoms with Crippen LogP contribution in [0.4, 0.5) is 4.39 Å². The van der Waals surface area contributed by atoms with E-state index >= 15 is 0 Å². The molecule has 0 unspecified atom stereocenters. The van der Waals surface area contributed by atoms with Crippen LogP contribution >= 0.6 is 12.4 Å². The van der Waals surface area contributed by atoms with Gasteiger partial charge in [-0.05, 0) is 18.1 Å². The van der Waals surface area contributed by atoms with Crippen LogP contribution < -0.4 is 5.73 Å². The number of benzene rings is 1. The first-order chi connectivity index (χ1) is 10.5. The lowest BCUT2D eigenvalue weighted by molar-refractivity contribution is 0.421. The summed E-state index contributed by atoms with van der Waals surface area (Å²) in [6, 6.07) is 10.5. The average molecular weight is 360 g/mol. The van der Waals surface area contributed by atoms with E-state index in [0.29, 0.717) is 6.42 Å². The number of aromatic nitrogens is 1. The van der Waals surface area contributed by atoms with E-state index in [1.807, 2.05) is 30.3 Å². The van der Waals surface area contributed by atoms with Crippen molar-refractivity contribution in [2.45, 2.75) is 11.3 Å². The third-order valence-corrected chi connectivity index (χ3v) is 5.05. The zero-order valence-corrected chi connectivity index (χ0v) is 14.1. The molecular weight excluding hydrogens is 341 g/mol. The third kappa shape index (κ3) is 5.24. The first kappa shape index (κ1) is 19.5. The molecule has 2 rings (SSSR count). The summed E-state index contributed by atoms with van der Waals surface area (Å²) >= 11 is 0. The van der Waals surface area contributed by atoms with Crippen LogP contribution in [0.3, 0.4) is 0 Å². The minimum Gasteiger partial charge on any atom is -0.329 e. The molecule has 0 aliphatic rings. The van der Waals surface area contributed by atoms with Gasteiger partial charge in [-0.25, -0.2) is 12.8 Å². The van der Waals surface area contributed by atoms with E-state index in [0.717, 1.165) is 24.0 Å². The van der Waals surface area contributed by atoms with Crippen molar-refractivity contribution in [1.29, 1.82) is 0 Å². The second kappa shape index (κ2) is 8.93. The van der Waals surface area contributed by atoms with Crippen molar-refractivity contribution in [3.8, 4) is 0 Å². The van der Waals surface area contributed by atoms with Crippen molar-refractivity contribution in [2.75, 3.05) is 19.6 Å². The van der Waals surface area contributed by atoms with Crippen LogP contribution in [-0.2, 0) is 16.4 Å². The van der Waals surface area contributed by atoms with E-state index in [-0.39, 0.29) is 36.9 Å². The number of nitrogens with zero attached hydrogens (tertiary/aromatic N) is 2. The fourth-order valence-corrected chi connectivity index (χ4v) is 3.51. The highest BCUT2D eigenvalue weighted by molar-refractivity contribution is 7.89. The van der Waals surface area contributed by atoms with Gasteiger partial charge in [-0.3, -0.25) is 4.98 Å². The highest BCUT2D eigenvalue weighted by atomic mass is 35.5. The maximum atomic E-state index is 13.2. The molecule has 2 aromatic rings. The van der Waals surface area contributed by atoms with Gasteiger partial charge in [-0.15, -0.1) is 12.4 Å². The lowest BCUT2D eigenvalue weighted by atomic mass is 10.1. The molecule has 23 heavy (non-hydrogen) atoms. The summed E-state index contributed by atoms with van der Waals surface area (Å²) in [6.07, 6.45) is 2.67. The molecule has 8 heteroatoms. The Bertz CT molecular complexity index is 714. The van der Waals surface area contributed by atoms with Gasteiger partial charge in [-0.1, -0.05) is 30.3 Å². The molecule has 0 fully saturated rings. The molecule has 0 aliphatic carbocycles. The molecule has 1 heterocycles. The number of hydrogen-bond acceptors (Lipinski definition) is 4. The summed E-state index contributed by atoms with van der Waals surface area (Å²) in [5.41, 5.74) is 6.53. The Kier molecular flexibility index (Phi) is 7.57. The summed E-state index contributed by atoms with van der Waals surface area (Å²) in [5.74, 6) is -0.683. The van der Waals surface area contributed by atoms with Crippen LogP contribution in [0, 0.1) is 5.82 Å². The number of nitrogens with two attached hydrogens (primary N) is 1. The molecule has 0 amide bonds. The van der Waals surface area contributed by atoms with Crippen molar-refractivity contribution in [3.05, 3.63) is 60.2 Å². The Morgan fingerprint density at radius 2 is 1.83 bits per heavy atom. The van der Waals surface area contributed by atoms with Gasteiger partial charge in [0.2, 0.25) is 10.0 Å². The molecular formula is C15H19ClFN3O2S. The van der Waals surface area contributed by atoms with Gasteiger partial charge in [0.1, 0.15) is 10.7 Å². The number of pyridine rings is 1. The fourth-order valence-electron chi connectivity index (χ4n) is 2.08. The zero-order valence-electron chi connectivity index (χ0n) is 12.4. The molecule has 5 nitrogen and oxygen atoms in total. The quantitative estimate of drug-likeness (QED) is 0.818. The first-order valence-electron chi connectivity index (χ1n) is 6.89. The standard InChI is InChI=1S/C15H18FN3O2S.ClH/c16-14-10-15(12-18-11-14)22(20,21)19(9-7-17)8-6-13-4-2-1-3-5-13;/h1-5,10-12H,6-9,17H2;1H. The Morgan fingerprint density at radius 1 is 1.13 bits per heavy atom. The maximum Gasteiger partial charge on any atom is 0.244 e. The maximum absolute atomic E-state index is 13.2. The Morgan fingerprint density at radius 3 is 2.43 bits per heavy atom. The molecule has 1 aromatic carbocycles. The zero-order chi connectivity index (χ0) is 16.0. The molecule has 0 aliphatic heterocycles. The van der Waals surface area contributed by atoms with Gasteiger partial charge in [-0.2, -0.15) is 4.31 Å². The lowest BCUT2D eigenvalue weighted by Gasteiger charge is -2.21. The van der Waals surface area contributed by atoms with Gasteiger partial charge < -0.3 is 5.73 Å². The van der Waals surface area contributed by atoms with Gasteiger partial charge >= 0.3 is 0 Å². The Balaban J connectivity index is 0.00000264. The van der Waals surface area contributed by atoms with E-state index in [1.165, 1.54) is 4.31 Å². The second-order valence-electron chi connectivity index (χ2n) is 4.77. The Labute approximate surface area is 141 Å². The summed E-state index contributed by atoms with van der Waals surface area (Å²) in [7, 11) is -3.81. The summed E-state index contributed by atoms with van der Waals surface area (Å²) in [5, 5.41) is 0.